The van der Waals surface area contributed by atoms with Crippen LogP contribution in [0.2, 0.25) is 5.02 Å². The maximum Gasteiger partial charge on any atom is 0.240 e. The van der Waals surface area contributed by atoms with E-state index in [9.17, 15) is 4.79 Å². The number of hydrogen-bond acceptors (Lipinski definition) is 2. The van der Waals surface area contributed by atoms with Gasteiger partial charge in [0.1, 0.15) is 0 Å². The van der Waals surface area contributed by atoms with Crippen LogP contribution in [0.3, 0.4) is 0 Å². The largest absolute Gasteiger partial charge is 0.311 e. The zero-order chi connectivity index (χ0) is 17.2. The Hall–Kier alpha value is -1.84. The van der Waals surface area contributed by atoms with Gasteiger partial charge in [-0.05, 0) is 56.0 Å². The molecule has 0 aliphatic carbocycles. The lowest BCUT2D eigenvalue weighted by molar-refractivity contribution is -0.118. The third-order valence-electron chi connectivity index (χ3n) is 4.66. The van der Waals surface area contributed by atoms with Crippen molar-refractivity contribution < 1.29 is 4.79 Å². The average molecular weight is 343 g/mol. The molecule has 1 aliphatic rings. The molecule has 0 saturated heterocycles. The molecule has 0 atom stereocenters. The Morgan fingerprint density at radius 2 is 1.88 bits per heavy atom. The zero-order valence-corrected chi connectivity index (χ0v) is 14.9. The third-order valence-corrected chi connectivity index (χ3v) is 4.91. The number of anilines is 1. The lowest BCUT2D eigenvalue weighted by Gasteiger charge is -2.32. The summed E-state index contributed by atoms with van der Waals surface area (Å²) in [6.45, 7) is 5.25. The first-order valence-electron chi connectivity index (χ1n) is 8.37. The number of nitrogens with one attached hydrogen (secondary N) is 1. The Morgan fingerprint density at radius 1 is 1.17 bits per heavy atom. The minimum Gasteiger partial charge on any atom is -0.311 e. The molecule has 1 N–H and O–H groups in total. The second kappa shape index (κ2) is 6.96. The molecule has 24 heavy (non-hydrogen) atoms. The third kappa shape index (κ3) is 3.63. The number of carbonyl (C=O) groups is 1. The molecular weight excluding hydrogens is 320 g/mol. The van der Waals surface area contributed by atoms with Crippen molar-refractivity contribution in [3.05, 3.63) is 64.7 Å². The van der Waals surface area contributed by atoms with Crippen molar-refractivity contribution in [3.63, 3.8) is 0 Å². The molecule has 3 rings (SSSR count). The van der Waals surface area contributed by atoms with E-state index in [1.807, 2.05) is 47.4 Å². The summed E-state index contributed by atoms with van der Waals surface area (Å²) in [4.78, 5) is 14.6. The Kier molecular flexibility index (Phi) is 4.93. The van der Waals surface area contributed by atoms with E-state index in [1.54, 1.807) is 0 Å². The summed E-state index contributed by atoms with van der Waals surface area (Å²) < 4.78 is 0. The Balaban J connectivity index is 1.68. The molecule has 0 aromatic heterocycles. The summed E-state index contributed by atoms with van der Waals surface area (Å²) >= 11 is 5.96. The topological polar surface area (TPSA) is 32.3 Å². The van der Waals surface area contributed by atoms with E-state index >= 15 is 0 Å². The highest BCUT2D eigenvalue weighted by Gasteiger charge is 2.25. The second-order valence-corrected chi connectivity index (χ2v) is 7.20. The van der Waals surface area contributed by atoms with E-state index in [0.29, 0.717) is 6.54 Å². The van der Waals surface area contributed by atoms with Crippen LogP contribution >= 0.6 is 11.6 Å². The van der Waals surface area contributed by atoms with Crippen molar-refractivity contribution in [1.82, 2.24) is 5.32 Å². The standard InChI is InChI=1S/C20H23ClN2O/c1-20(2,16-9-11-17(21)12-10-16)22-14-19(24)23-13-5-7-15-6-3-4-8-18(15)23/h3-4,6,8-12,22H,5,7,13-14H2,1-2H3. The number of aryl methyl sites for hydroxylation is 1. The number of nitrogens with zero attached hydrogens (tertiary/aromatic N) is 1. The predicted molar refractivity (Wildman–Crippen MR) is 99.6 cm³/mol. The van der Waals surface area contributed by atoms with Crippen molar-refractivity contribution >= 4 is 23.2 Å². The molecule has 1 heterocycles. The van der Waals surface area contributed by atoms with Gasteiger partial charge in [0.2, 0.25) is 5.91 Å². The van der Waals surface area contributed by atoms with Crippen molar-refractivity contribution in [2.45, 2.75) is 32.2 Å². The average Bonchev–Trinajstić information content (AvgIpc) is 2.59. The fraction of sp³-hybridized carbons (Fsp3) is 0.350. The molecule has 0 bridgehead atoms. The predicted octanol–water partition coefficient (Wildman–Crippen LogP) is 4.14. The first-order chi connectivity index (χ1) is 11.5. The molecule has 4 heteroatoms. The number of para-hydroxylation sites is 1. The molecule has 126 valence electrons. The quantitative estimate of drug-likeness (QED) is 0.905. The highest BCUT2D eigenvalue weighted by Crippen LogP contribution is 2.27. The van der Waals surface area contributed by atoms with Gasteiger partial charge >= 0.3 is 0 Å². The normalized spacial score (nSPS) is 14.4. The van der Waals surface area contributed by atoms with Crippen LogP contribution in [0.1, 0.15) is 31.4 Å². The van der Waals surface area contributed by atoms with E-state index < -0.39 is 0 Å². The van der Waals surface area contributed by atoms with Gasteiger partial charge in [-0.15, -0.1) is 0 Å². The van der Waals surface area contributed by atoms with Gasteiger partial charge in [0.05, 0.1) is 6.54 Å². The number of benzene rings is 2. The summed E-state index contributed by atoms with van der Waals surface area (Å²) in [6.07, 6.45) is 2.06. The monoisotopic (exact) mass is 342 g/mol. The van der Waals surface area contributed by atoms with Crippen LogP contribution in [0.4, 0.5) is 5.69 Å². The molecule has 0 unspecified atom stereocenters. The van der Waals surface area contributed by atoms with Gasteiger partial charge in [0.25, 0.3) is 0 Å². The summed E-state index contributed by atoms with van der Waals surface area (Å²) in [6, 6.07) is 15.9. The Labute approximate surface area is 148 Å². The van der Waals surface area contributed by atoms with Crippen molar-refractivity contribution in [2.24, 2.45) is 0 Å². The molecule has 0 saturated carbocycles. The SMILES string of the molecule is CC(C)(NCC(=O)N1CCCc2ccccc21)c1ccc(Cl)cc1. The maximum absolute atomic E-state index is 12.7. The fourth-order valence-corrected chi connectivity index (χ4v) is 3.28. The van der Waals surface area contributed by atoms with Gasteiger partial charge in [-0.2, -0.15) is 0 Å². The first-order valence-corrected chi connectivity index (χ1v) is 8.74. The second-order valence-electron chi connectivity index (χ2n) is 6.76. The molecule has 1 amide bonds. The van der Waals surface area contributed by atoms with Crippen molar-refractivity contribution in [3.8, 4) is 0 Å². The van der Waals surface area contributed by atoms with Crippen LogP contribution in [0, 0.1) is 0 Å². The smallest absolute Gasteiger partial charge is 0.240 e. The van der Waals surface area contributed by atoms with E-state index in [4.69, 9.17) is 11.6 Å². The van der Waals surface area contributed by atoms with Crippen LogP contribution in [0.5, 0.6) is 0 Å². The number of halogens is 1. The highest BCUT2D eigenvalue weighted by atomic mass is 35.5. The molecular formula is C20H23ClN2O. The lowest BCUT2D eigenvalue weighted by atomic mass is 9.94. The van der Waals surface area contributed by atoms with Crippen LogP contribution in [-0.4, -0.2) is 19.0 Å². The van der Waals surface area contributed by atoms with Crippen LogP contribution in [-0.2, 0) is 16.8 Å². The summed E-state index contributed by atoms with van der Waals surface area (Å²) in [7, 11) is 0. The van der Waals surface area contributed by atoms with Crippen molar-refractivity contribution in [1.29, 1.82) is 0 Å². The Morgan fingerprint density at radius 3 is 2.62 bits per heavy atom. The molecule has 0 spiro atoms. The van der Waals surface area contributed by atoms with Crippen molar-refractivity contribution in [2.75, 3.05) is 18.0 Å². The minimum absolute atomic E-state index is 0.115. The summed E-state index contributed by atoms with van der Waals surface area (Å²) in [5, 5.41) is 4.11. The van der Waals surface area contributed by atoms with Gasteiger partial charge in [-0.3, -0.25) is 10.1 Å². The van der Waals surface area contributed by atoms with E-state index in [0.717, 1.165) is 35.7 Å². The number of fused-ring (bicyclic) bond motifs is 1. The number of rotatable bonds is 4. The molecule has 0 fully saturated rings. The number of amides is 1. The minimum atomic E-state index is -0.296. The van der Waals surface area contributed by atoms with Gasteiger partial charge in [0, 0.05) is 22.8 Å². The lowest BCUT2D eigenvalue weighted by Crippen LogP contribution is -2.46. The first kappa shape index (κ1) is 17.0. The van der Waals surface area contributed by atoms with E-state index in [2.05, 4.69) is 25.2 Å². The fourth-order valence-electron chi connectivity index (χ4n) is 3.15. The van der Waals surface area contributed by atoms with E-state index in [-0.39, 0.29) is 11.4 Å². The zero-order valence-electron chi connectivity index (χ0n) is 14.2. The molecule has 2 aromatic carbocycles. The molecule has 2 aromatic rings. The van der Waals surface area contributed by atoms with Gasteiger partial charge in [-0.1, -0.05) is 41.9 Å². The Bertz CT molecular complexity index is 725. The van der Waals surface area contributed by atoms with Crippen LogP contribution in [0.15, 0.2) is 48.5 Å². The molecule has 3 nitrogen and oxygen atoms in total. The highest BCUT2D eigenvalue weighted by molar-refractivity contribution is 6.30. The summed E-state index contributed by atoms with van der Waals surface area (Å²) in [5.74, 6) is 0.115. The number of hydrogen-bond donors (Lipinski definition) is 1. The van der Waals surface area contributed by atoms with Gasteiger partial charge in [-0.25, -0.2) is 0 Å². The maximum atomic E-state index is 12.7. The van der Waals surface area contributed by atoms with E-state index in [1.165, 1.54) is 5.56 Å². The molecule has 1 aliphatic heterocycles. The number of carbonyl (C=O) groups excluding carboxylic acids is 1. The van der Waals surface area contributed by atoms with Gasteiger partial charge < -0.3 is 4.90 Å². The molecule has 0 radical (unpaired) electrons. The van der Waals surface area contributed by atoms with Crippen LogP contribution in [0.25, 0.3) is 0 Å². The summed E-state index contributed by atoms with van der Waals surface area (Å²) in [5.41, 5.74) is 3.13. The van der Waals surface area contributed by atoms with Crippen LogP contribution < -0.4 is 10.2 Å². The van der Waals surface area contributed by atoms with Gasteiger partial charge in [0.15, 0.2) is 0 Å².